The van der Waals surface area contributed by atoms with Crippen molar-refractivity contribution in [2.45, 2.75) is 51.5 Å². The van der Waals surface area contributed by atoms with E-state index in [2.05, 4.69) is 6.07 Å². The van der Waals surface area contributed by atoms with E-state index in [4.69, 9.17) is 10.5 Å². The van der Waals surface area contributed by atoms with Crippen LogP contribution in [0.3, 0.4) is 0 Å². The Morgan fingerprint density at radius 3 is 2.80 bits per heavy atom. The highest BCUT2D eigenvalue weighted by Gasteiger charge is 2.33. The standard InChI is InChI=1S/C14H22N2O2S.ClH/c1-10(2)16(9-12-4-3-7-19-12)14(17)13-6-5-11(8-15)18-13;/h3-4,7,10-11,13H,5-6,8-9,15H2,1-2H3;1H/t11-,13+;/m1./s1. The van der Waals surface area contributed by atoms with Crippen LogP contribution in [-0.4, -0.2) is 35.6 Å². The van der Waals surface area contributed by atoms with Gasteiger partial charge in [0, 0.05) is 17.5 Å². The lowest BCUT2D eigenvalue weighted by atomic mass is 10.1. The van der Waals surface area contributed by atoms with E-state index < -0.39 is 0 Å². The molecule has 0 radical (unpaired) electrons. The van der Waals surface area contributed by atoms with Gasteiger partial charge in [0.2, 0.25) is 0 Å². The summed E-state index contributed by atoms with van der Waals surface area (Å²) in [5.41, 5.74) is 5.59. The average Bonchev–Trinajstić information content (AvgIpc) is 3.05. The topological polar surface area (TPSA) is 55.6 Å². The first kappa shape index (κ1) is 17.4. The Hall–Kier alpha value is -0.620. The molecule has 1 fully saturated rings. The number of carbonyl (C=O) groups excluding carboxylic acids is 1. The van der Waals surface area contributed by atoms with Gasteiger partial charge in [-0.25, -0.2) is 0 Å². The lowest BCUT2D eigenvalue weighted by Gasteiger charge is -2.29. The van der Waals surface area contributed by atoms with Gasteiger partial charge in [-0.05, 0) is 38.1 Å². The number of amides is 1. The molecule has 20 heavy (non-hydrogen) atoms. The van der Waals surface area contributed by atoms with E-state index in [0.29, 0.717) is 13.1 Å². The summed E-state index contributed by atoms with van der Waals surface area (Å²) in [4.78, 5) is 15.6. The second kappa shape index (κ2) is 7.98. The molecule has 0 bridgehead atoms. The monoisotopic (exact) mass is 318 g/mol. The maximum Gasteiger partial charge on any atom is 0.252 e. The Kier molecular flexibility index (Phi) is 6.95. The van der Waals surface area contributed by atoms with Crippen molar-refractivity contribution >= 4 is 29.7 Å². The van der Waals surface area contributed by atoms with E-state index in [1.54, 1.807) is 11.3 Å². The Balaban J connectivity index is 0.00000200. The SMILES string of the molecule is CC(C)N(Cc1cccs1)C(=O)[C@@H]1CC[C@H](CN)O1.Cl. The zero-order valence-electron chi connectivity index (χ0n) is 12.0. The zero-order chi connectivity index (χ0) is 13.8. The number of nitrogens with zero attached hydrogens (tertiary/aromatic N) is 1. The molecule has 0 spiro atoms. The zero-order valence-corrected chi connectivity index (χ0v) is 13.6. The van der Waals surface area contributed by atoms with Gasteiger partial charge < -0.3 is 15.4 Å². The van der Waals surface area contributed by atoms with Crippen LogP contribution in [0, 0.1) is 0 Å². The van der Waals surface area contributed by atoms with Crippen molar-refractivity contribution in [2.75, 3.05) is 6.54 Å². The summed E-state index contributed by atoms with van der Waals surface area (Å²) in [7, 11) is 0. The van der Waals surface area contributed by atoms with E-state index in [-0.39, 0.29) is 36.6 Å². The highest BCUT2D eigenvalue weighted by atomic mass is 35.5. The first-order valence-corrected chi connectivity index (χ1v) is 7.68. The minimum atomic E-state index is -0.309. The van der Waals surface area contributed by atoms with Crippen molar-refractivity contribution in [1.82, 2.24) is 4.90 Å². The van der Waals surface area contributed by atoms with E-state index in [1.165, 1.54) is 4.88 Å². The highest BCUT2D eigenvalue weighted by molar-refractivity contribution is 7.09. The normalized spacial score (nSPS) is 21.8. The molecule has 1 amide bonds. The predicted octanol–water partition coefficient (Wildman–Crippen LogP) is 2.41. The first-order chi connectivity index (χ1) is 9.11. The quantitative estimate of drug-likeness (QED) is 0.907. The second-order valence-electron chi connectivity index (χ2n) is 5.20. The smallest absolute Gasteiger partial charge is 0.252 e. The summed E-state index contributed by atoms with van der Waals surface area (Å²) in [6, 6.07) is 4.25. The van der Waals surface area contributed by atoms with Crippen LogP contribution < -0.4 is 5.73 Å². The van der Waals surface area contributed by atoms with Crippen molar-refractivity contribution in [3.63, 3.8) is 0 Å². The molecule has 4 nitrogen and oxygen atoms in total. The highest BCUT2D eigenvalue weighted by Crippen LogP contribution is 2.23. The molecular weight excluding hydrogens is 296 g/mol. The minimum Gasteiger partial charge on any atom is -0.364 e. The molecule has 1 aromatic rings. The van der Waals surface area contributed by atoms with E-state index >= 15 is 0 Å². The third-order valence-electron chi connectivity index (χ3n) is 3.46. The van der Waals surface area contributed by atoms with E-state index in [1.807, 2.05) is 30.2 Å². The van der Waals surface area contributed by atoms with Crippen molar-refractivity contribution in [2.24, 2.45) is 5.73 Å². The van der Waals surface area contributed by atoms with E-state index in [9.17, 15) is 4.79 Å². The number of thiophene rings is 1. The van der Waals surface area contributed by atoms with Gasteiger partial charge in [-0.3, -0.25) is 4.79 Å². The molecule has 0 aromatic carbocycles. The number of hydrogen-bond acceptors (Lipinski definition) is 4. The fraction of sp³-hybridized carbons (Fsp3) is 0.643. The van der Waals surface area contributed by atoms with Crippen molar-refractivity contribution < 1.29 is 9.53 Å². The summed E-state index contributed by atoms with van der Waals surface area (Å²) in [6.07, 6.45) is 1.41. The van der Waals surface area contributed by atoms with Crippen LogP contribution in [-0.2, 0) is 16.1 Å². The molecule has 2 heterocycles. The van der Waals surface area contributed by atoms with Crippen molar-refractivity contribution in [3.05, 3.63) is 22.4 Å². The van der Waals surface area contributed by atoms with Gasteiger partial charge in [-0.2, -0.15) is 0 Å². The summed E-state index contributed by atoms with van der Waals surface area (Å²) in [5.74, 6) is 0.0966. The summed E-state index contributed by atoms with van der Waals surface area (Å²) in [5, 5.41) is 2.04. The van der Waals surface area contributed by atoms with Crippen LogP contribution in [0.5, 0.6) is 0 Å². The fourth-order valence-electron chi connectivity index (χ4n) is 2.33. The third kappa shape index (κ3) is 4.19. The molecule has 1 aliphatic rings. The van der Waals surface area contributed by atoms with Crippen molar-refractivity contribution in [3.8, 4) is 0 Å². The molecule has 1 aromatic heterocycles. The summed E-state index contributed by atoms with van der Waals surface area (Å²) >= 11 is 1.68. The lowest BCUT2D eigenvalue weighted by molar-refractivity contribution is -0.145. The summed E-state index contributed by atoms with van der Waals surface area (Å²) < 4.78 is 5.71. The van der Waals surface area contributed by atoms with Crippen LogP contribution >= 0.6 is 23.7 Å². The molecular formula is C14H23ClN2O2S. The molecule has 6 heteroatoms. The third-order valence-corrected chi connectivity index (χ3v) is 4.32. The number of carbonyl (C=O) groups is 1. The van der Waals surface area contributed by atoms with Gasteiger partial charge in [0.05, 0.1) is 12.6 Å². The number of ether oxygens (including phenoxy) is 1. The Bertz CT molecular complexity index is 411. The molecule has 2 N–H and O–H groups in total. The molecule has 114 valence electrons. The van der Waals surface area contributed by atoms with Gasteiger partial charge in [0.1, 0.15) is 6.10 Å². The molecule has 1 aliphatic heterocycles. The van der Waals surface area contributed by atoms with Crippen LogP contribution in [0.2, 0.25) is 0 Å². The molecule has 2 atom stereocenters. The van der Waals surface area contributed by atoms with Crippen LogP contribution in [0.25, 0.3) is 0 Å². The predicted molar refractivity (Wildman–Crippen MR) is 84.2 cm³/mol. The molecule has 0 unspecified atom stereocenters. The maximum atomic E-state index is 12.5. The van der Waals surface area contributed by atoms with Gasteiger partial charge >= 0.3 is 0 Å². The number of halogens is 1. The molecule has 1 saturated heterocycles. The fourth-order valence-corrected chi connectivity index (χ4v) is 3.03. The Morgan fingerprint density at radius 2 is 2.30 bits per heavy atom. The molecule has 2 rings (SSSR count). The van der Waals surface area contributed by atoms with E-state index in [0.717, 1.165) is 12.8 Å². The van der Waals surface area contributed by atoms with Crippen molar-refractivity contribution in [1.29, 1.82) is 0 Å². The minimum absolute atomic E-state index is 0. The van der Waals surface area contributed by atoms with Crippen LogP contribution in [0.15, 0.2) is 17.5 Å². The molecule has 0 aliphatic carbocycles. The lowest BCUT2D eigenvalue weighted by Crippen LogP contribution is -2.43. The van der Waals surface area contributed by atoms with Gasteiger partial charge in [0.15, 0.2) is 0 Å². The first-order valence-electron chi connectivity index (χ1n) is 6.80. The molecule has 0 saturated carbocycles. The van der Waals surface area contributed by atoms with Crippen LogP contribution in [0.1, 0.15) is 31.6 Å². The Labute approximate surface area is 130 Å². The van der Waals surface area contributed by atoms with Gasteiger partial charge in [-0.1, -0.05) is 6.07 Å². The number of hydrogen-bond donors (Lipinski definition) is 1. The maximum absolute atomic E-state index is 12.5. The number of nitrogens with two attached hydrogens (primary N) is 1. The van der Waals surface area contributed by atoms with Crippen LogP contribution in [0.4, 0.5) is 0 Å². The largest absolute Gasteiger partial charge is 0.364 e. The Morgan fingerprint density at radius 1 is 1.55 bits per heavy atom. The van der Waals surface area contributed by atoms with Gasteiger partial charge in [0.25, 0.3) is 5.91 Å². The average molecular weight is 319 g/mol. The number of rotatable bonds is 5. The second-order valence-corrected chi connectivity index (χ2v) is 6.23. The van der Waals surface area contributed by atoms with Gasteiger partial charge in [-0.15, -0.1) is 23.7 Å². The summed E-state index contributed by atoms with van der Waals surface area (Å²) in [6.45, 7) is 5.25.